The number of thioether (sulfide) groups is 1. The average molecular weight is 338 g/mol. The van der Waals surface area contributed by atoms with Crippen LogP contribution in [-0.4, -0.2) is 28.0 Å². The van der Waals surface area contributed by atoms with Gasteiger partial charge in [-0.05, 0) is 30.3 Å². The first-order chi connectivity index (χ1) is 11.7. The Hall–Kier alpha value is -2.73. The van der Waals surface area contributed by atoms with Crippen LogP contribution in [0.4, 0.5) is 0 Å². The molecule has 0 unspecified atom stereocenters. The molecule has 24 heavy (non-hydrogen) atoms. The molecule has 0 fully saturated rings. The lowest BCUT2D eigenvalue weighted by atomic mass is 10.1. The molecule has 0 radical (unpaired) electrons. The van der Waals surface area contributed by atoms with Crippen molar-refractivity contribution in [1.82, 2.24) is 9.78 Å². The third-order valence-electron chi connectivity index (χ3n) is 4.00. The van der Waals surface area contributed by atoms with Gasteiger partial charge >= 0.3 is 5.97 Å². The lowest BCUT2D eigenvalue weighted by Crippen LogP contribution is -2.03. The predicted octanol–water partition coefficient (Wildman–Crippen LogP) is 3.85. The molecule has 120 valence electrons. The van der Waals surface area contributed by atoms with Crippen LogP contribution in [-0.2, 0) is 5.75 Å². The fourth-order valence-electron chi connectivity index (χ4n) is 2.89. The summed E-state index contributed by atoms with van der Waals surface area (Å²) < 4.78 is 7.02. The minimum atomic E-state index is -1.00. The van der Waals surface area contributed by atoms with E-state index in [1.807, 2.05) is 48.5 Å². The molecular formula is C18H14N2O3S. The first kappa shape index (κ1) is 14.8. The zero-order valence-electron chi connectivity index (χ0n) is 12.9. The van der Waals surface area contributed by atoms with Gasteiger partial charge < -0.3 is 9.84 Å². The molecule has 2 aromatic carbocycles. The zero-order valence-corrected chi connectivity index (χ0v) is 13.7. The monoisotopic (exact) mass is 338 g/mol. The normalized spacial score (nSPS) is 12.4. The summed E-state index contributed by atoms with van der Waals surface area (Å²) in [6.45, 7) is 0. The SMILES string of the molecule is COc1ccc2c(c1)SCc1c(C(=O)O)nn(-c3ccccc3)c1-2. The Morgan fingerprint density at radius 2 is 2.04 bits per heavy atom. The van der Waals surface area contributed by atoms with E-state index in [1.54, 1.807) is 23.6 Å². The largest absolute Gasteiger partial charge is 0.497 e. The maximum absolute atomic E-state index is 11.6. The average Bonchev–Trinajstić information content (AvgIpc) is 3.02. The molecule has 3 aromatic rings. The van der Waals surface area contributed by atoms with Gasteiger partial charge in [-0.1, -0.05) is 18.2 Å². The molecule has 6 heteroatoms. The minimum absolute atomic E-state index is 0.114. The number of methoxy groups -OCH3 is 1. The highest BCUT2D eigenvalue weighted by molar-refractivity contribution is 7.98. The maximum atomic E-state index is 11.6. The molecule has 0 amide bonds. The standard InChI is InChI=1S/C18H14N2O3S/c1-23-12-7-8-13-15(9-12)24-10-14-16(18(21)22)19-20(17(13)14)11-5-3-2-4-6-11/h2-9H,10H2,1H3,(H,21,22). The molecule has 0 saturated carbocycles. The molecule has 1 aliphatic rings. The van der Waals surface area contributed by atoms with Crippen LogP contribution in [0.2, 0.25) is 0 Å². The number of ether oxygens (including phenoxy) is 1. The van der Waals surface area contributed by atoms with Gasteiger partial charge in [0.1, 0.15) is 5.75 Å². The van der Waals surface area contributed by atoms with Crippen molar-refractivity contribution >= 4 is 17.7 Å². The summed E-state index contributed by atoms with van der Waals surface area (Å²) in [4.78, 5) is 12.7. The van der Waals surface area contributed by atoms with Gasteiger partial charge in [-0.2, -0.15) is 5.10 Å². The van der Waals surface area contributed by atoms with Crippen LogP contribution >= 0.6 is 11.8 Å². The van der Waals surface area contributed by atoms with E-state index in [4.69, 9.17) is 4.74 Å². The summed E-state index contributed by atoms with van der Waals surface area (Å²) >= 11 is 1.60. The second-order valence-electron chi connectivity index (χ2n) is 5.38. The predicted molar refractivity (Wildman–Crippen MR) is 92.1 cm³/mol. The number of hydrogen-bond acceptors (Lipinski definition) is 4. The Bertz CT molecular complexity index is 935. The van der Waals surface area contributed by atoms with Crippen molar-refractivity contribution in [2.75, 3.05) is 7.11 Å². The van der Waals surface area contributed by atoms with E-state index in [0.717, 1.165) is 33.2 Å². The van der Waals surface area contributed by atoms with Gasteiger partial charge in [-0.15, -0.1) is 11.8 Å². The molecule has 1 aromatic heterocycles. The number of carboxylic acid groups (broad SMARTS) is 1. The topological polar surface area (TPSA) is 64.3 Å². The summed E-state index contributed by atoms with van der Waals surface area (Å²) in [5.74, 6) is 0.358. The van der Waals surface area contributed by atoms with Crippen molar-refractivity contribution < 1.29 is 14.6 Å². The zero-order chi connectivity index (χ0) is 16.7. The van der Waals surface area contributed by atoms with E-state index in [-0.39, 0.29) is 5.69 Å². The molecule has 0 spiro atoms. The highest BCUT2D eigenvalue weighted by atomic mass is 32.2. The summed E-state index contributed by atoms with van der Waals surface area (Å²) in [5.41, 5.74) is 3.53. The maximum Gasteiger partial charge on any atom is 0.356 e. The van der Waals surface area contributed by atoms with Crippen LogP contribution < -0.4 is 4.74 Å². The van der Waals surface area contributed by atoms with Gasteiger partial charge in [0, 0.05) is 21.8 Å². The van der Waals surface area contributed by atoms with Crippen LogP contribution in [0.3, 0.4) is 0 Å². The summed E-state index contributed by atoms with van der Waals surface area (Å²) in [6.07, 6.45) is 0. The third-order valence-corrected chi connectivity index (χ3v) is 5.08. The van der Waals surface area contributed by atoms with Crippen molar-refractivity contribution in [3.63, 3.8) is 0 Å². The van der Waals surface area contributed by atoms with Gasteiger partial charge in [0.2, 0.25) is 0 Å². The Morgan fingerprint density at radius 3 is 2.75 bits per heavy atom. The van der Waals surface area contributed by atoms with Crippen LogP contribution in [0.25, 0.3) is 16.9 Å². The van der Waals surface area contributed by atoms with Crippen molar-refractivity contribution in [2.45, 2.75) is 10.6 Å². The Balaban J connectivity index is 1.99. The number of hydrogen-bond donors (Lipinski definition) is 1. The van der Waals surface area contributed by atoms with Crippen LogP contribution in [0.15, 0.2) is 53.4 Å². The number of aromatic nitrogens is 2. The number of para-hydroxylation sites is 1. The summed E-state index contributed by atoms with van der Waals surface area (Å²) in [7, 11) is 1.64. The Labute approximate surface area is 142 Å². The molecule has 0 saturated heterocycles. The molecule has 1 N–H and O–H groups in total. The first-order valence-corrected chi connectivity index (χ1v) is 8.39. The fraction of sp³-hybridized carbons (Fsp3) is 0.111. The molecular weight excluding hydrogens is 324 g/mol. The third kappa shape index (κ3) is 2.27. The van der Waals surface area contributed by atoms with Gasteiger partial charge in [-0.25, -0.2) is 9.48 Å². The summed E-state index contributed by atoms with van der Waals surface area (Å²) in [5, 5.41) is 13.9. The van der Waals surface area contributed by atoms with Crippen molar-refractivity contribution in [1.29, 1.82) is 0 Å². The van der Waals surface area contributed by atoms with E-state index in [1.165, 1.54) is 0 Å². The van der Waals surface area contributed by atoms with E-state index < -0.39 is 5.97 Å². The lowest BCUT2D eigenvalue weighted by Gasteiger charge is -2.19. The number of fused-ring (bicyclic) bond motifs is 3. The molecule has 2 heterocycles. The first-order valence-electron chi connectivity index (χ1n) is 7.41. The second kappa shape index (κ2) is 5.72. The molecule has 0 bridgehead atoms. The lowest BCUT2D eigenvalue weighted by molar-refractivity contribution is 0.0689. The Morgan fingerprint density at radius 1 is 1.25 bits per heavy atom. The van der Waals surface area contributed by atoms with Crippen LogP contribution in [0, 0.1) is 0 Å². The number of benzene rings is 2. The number of carboxylic acids is 1. The van der Waals surface area contributed by atoms with Gasteiger partial charge in [0.05, 0.1) is 18.5 Å². The summed E-state index contributed by atoms with van der Waals surface area (Å²) in [6, 6.07) is 15.4. The number of carbonyl (C=O) groups is 1. The smallest absolute Gasteiger partial charge is 0.356 e. The molecule has 0 aliphatic carbocycles. The van der Waals surface area contributed by atoms with Gasteiger partial charge in [0.15, 0.2) is 5.69 Å². The Kier molecular flexibility index (Phi) is 3.54. The molecule has 0 atom stereocenters. The minimum Gasteiger partial charge on any atom is -0.497 e. The van der Waals surface area contributed by atoms with Gasteiger partial charge in [-0.3, -0.25) is 0 Å². The highest BCUT2D eigenvalue weighted by Gasteiger charge is 2.29. The van der Waals surface area contributed by atoms with Crippen molar-refractivity contribution in [3.8, 4) is 22.7 Å². The van der Waals surface area contributed by atoms with Gasteiger partial charge in [0.25, 0.3) is 0 Å². The van der Waals surface area contributed by atoms with Crippen LogP contribution in [0.5, 0.6) is 5.75 Å². The number of rotatable bonds is 3. The molecule has 1 aliphatic heterocycles. The van der Waals surface area contributed by atoms with E-state index in [0.29, 0.717) is 5.75 Å². The fourth-order valence-corrected chi connectivity index (χ4v) is 3.98. The van der Waals surface area contributed by atoms with E-state index >= 15 is 0 Å². The molecule has 4 rings (SSSR count). The highest BCUT2D eigenvalue weighted by Crippen LogP contribution is 2.44. The molecule has 5 nitrogen and oxygen atoms in total. The quantitative estimate of drug-likeness (QED) is 0.786. The van der Waals surface area contributed by atoms with Crippen molar-refractivity contribution in [3.05, 3.63) is 59.8 Å². The number of aromatic carboxylic acids is 1. The van der Waals surface area contributed by atoms with Crippen LogP contribution in [0.1, 0.15) is 16.1 Å². The van der Waals surface area contributed by atoms with E-state index in [2.05, 4.69) is 5.10 Å². The number of nitrogens with zero attached hydrogens (tertiary/aromatic N) is 2. The van der Waals surface area contributed by atoms with E-state index in [9.17, 15) is 9.90 Å². The van der Waals surface area contributed by atoms with Crippen molar-refractivity contribution in [2.24, 2.45) is 0 Å². The second-order valence-corrected chi connectivity index (χ2v) is 6.40.